The van der Waals surface area contributed by atoms with Crippen LogP contribution in [0.15, 0.2) is 11.3 Å². The number of allylic oxidation sites excluding steroid dienone is 2. The summed E-state index contributed by atoms with van der Waals surface area (Å²) in [6, 6.07) is 0. The monoisotopic (exact) mass is 180 g/mol. The summed E-state index contributed by atoms with van der Waals surface area (Å²) >= 11 is 0. The molecule has 0 radical (unpaired) electrons. The first kappa shape index (κ1) is 10.7. The molecule has 0 bridgehead atoms. The number of Topliss-reactive ketones (excluding diaryl/α,β-unsaturated/α-hetero) is 1. The first-order valence-electron chi connectivity index (χ1n) is 3.83. The Morgan fingerprint density at radius 3 is 2.54 bits per heavy atom. The van der Waals surface area contributed by atoms with Gasteiger partial charge in [0.2, 0.25) is 0 Å². The van der Waals surface area contributed by atoms with Gasteiger partial charge in [-0.15, -0.1) is 0 Å². The van der Waals surface area contributed by atoms with Crippen molar-refractivity contribution in [1.29, 1.82) is 0 Å². The molecule has 0 N–H and O–H groups in total. The maximum atomic E-state index is 11.9. The largest absolute Gasteiger partial charge is 1.00 e. The molecule has 5 heteroatoms. The number of carbonyl (C=O) groups excluding carboxylic acids is 1. The summed E-state index contributed by atoms with van der Waals surface area (Å²) in [6.45, 7) is 0. The molecule has 0 aromatic carbocycles. The third-order valence-corrected chi connectivity index (χ3v) is 2.51. The minimum absolute atomic E-state index is 0. The molecule has 0 saturated heterocycles. The van der Waals surface area contributed by atoms with Crippen molar-refractivity contribution in [2.75, 3.05) is 0 Å². The minimum atomic E-state index is -3.01. The molecule has 0 aromatic heterocycles. The summed E-state index contributed by atoms with van der Waals surface area (Å²) in [4.78, 5) is 11.0. The Balaban J connectivity index is 0.000000845. The zero-order valence-corrected chi connectivity index (χ0v) is 7.22. The molecule has 0 aromatic rings. The second-order valence-corrected chi connectivity index (χ2v) is 3.31. The van der Waals surface area contributed by atoms with Gasteiger partial charge in [0.1, 0.15) is 0 Å². The van der Waals surface area contributed by atoms with E-state index in [9.17, 15) is 18.7 Å². The first-order chi connectivity index (χ1) is 5.61. The van der Waals surface area contributed by atoms with Crippen LogP contribution in [0.1, 0.15) is 12.8 Å². The predicted octanol–water partition coefficient (Wildman–Crippen LogP) is -2.52. The third-order valence-electron chi connectivity index (χ3n) is 2.51. The van der Waals surface area contributed by atoms with Crippen LogP contribution >= 0.6 is 0 Å². The van der Waals surface area contributed by atoms with E-state index < -0.39 is 12.2 Å². The van der Waals surface area contributed by atoms with Crippen LogP contribution in [0.3, 0.4) is 0 Å². The summed E-state index contributed by atoms with van der Waals surface area (Å²) in [5, 5.41) is 10.8. The van der Waals surface area contributed by atoms with Crippen LogP contribution in [0.5, 0.6) is 0 Å². The van der Waals surface area contributed by atoms with Gasteiger partial charge < -0.3 is 5.11 Å². The van der Waals surface area contributed by atoms with Crippen LogP contribution in [0.25, 0.3) is 0 Å². The molecule has 13 heavy (non-hydrogen) atoms. The Morgan fingerprint density at radius 1 is 1.54 bits per heavy atom. The Bertz CT molecular complexity index is 275. The predicted molar refractivity (Wildman–Crippen MR) is 34.3 cm³/mol. The molecule has 0 aliphatic heterocycles. The fraction of sp³-hybridized carbons (Fsp3) is 0.625. The summed E-state index contributed by atoms with van der Waals surface area (Å²) in [7, 11) is 0. The third kappa shape index (κ3) is 1.66. The quantitative estimate of drug-likeness (QED) is 0.254. The van der Waals surface area contributed by atoms with Crippen LogP contribution in [0.4, 0.5) is 8.78 Å². The zero-order chi connectivity index (χ0) is 8.88. The van der Waals surface area contributed by atoms with E-state index in [1.54, 1.807) is 0 Å². The maximum absolute atomic E-state index is 11.9. The topological polar surface area (TPSA) is 40.1 Å². The molecule has 2 aliphatic carbocycles. The van der Waals surface area contributed by atoms with Crippen molar-refractivity contribution in [2.24, 2.45) is 11.8 Å². The standard InChI is InChI=1S/C8H8F2O2.Li/c9-8(10)7(12)6-4-1-3(4)2-5(6)11;/h3-4,8,12H,1-2H2;/q;+1/p-1/b7-6+;. The number of fused-ring (bicyclic) bond motifs is 1. The molecule has 2 nitrogen and oxygen atoms in total. The van der Waals surface area contributed by atoms with Gasteiger partial charge in [-0.1, -0.05) is 5.76 Å². The van der Waals surface area contributed by atoms with E-state index >= 15 is 0 Å². The van der Waals surface area contributed by atoms with Crippen LogP contribution in [-0.4, -0.2) is 12.2 Å². The molecule has 0 spiro atoms. The molecule has 2 atom stereocenters. The van der Waals surface area contributed by atoms with Crippen LogP contribution in [-0.2, 0) is 4.79 Å². The molecular formula is C8H7F2LiO2. The van der Waals surface area contributed by atoms with E-state index in [4.69, 9.17) is 0 Å². The van der Waals surface area contributed by atoms with Crippen molar-refractivity contribution in [1.82, 2.24) is 0 Å². The second kappa shape index (κ2) is 3.43. The number of hydrogen-bond donors (Lipinski definition) is 0. The van der Waals surface area contributed by atoms with Crippen molar-refractivity contribution < 1.29 is 37.5 Å². The van der Waals surface area contributed by atoms with Gasteiger partial charge in [-0.2, -0.15) is 0 Å². The summed E-state index contributed by atoms with van der Waals surface area (Å²) in [5.41, 5.74) is -0.116. The van der Waals surface area contributed by atoms with E-state index in [2.05, 4.69) is 0 Å². The Hall–Kier alpha value is -0.333. The van der Waals surface area contributed by atoms with Crippen LogP contribution in [0, 0.1) is 11.8 Å². The minimum Gasteiger partial charge on any atom is -0.871 e. The Labute approximate surface area is 86.2 Å². The van der Waals surface area contributed by atoms with Gasteiger partial charge in [-0.3, -0.25) is 4.79 Å². The van der Waals surface area contributed by atoms with E-state index in [0.29, 0.717) is 6.42 Å². The molecule has 2 fully saturated rings. The Morgan fingerprint density at radius 2 is 2.15 bits per heavy atom. The molecule has 0 amide bonds. The Kier molecular flexibility index (Phi) is 2.84. The van der Waals surface area contributed by atoms with Gasteiger partial charge in [0, 0.05) is 6.42 Å². The molecule has 66 valence electrons. The molecule has 2 saturated carbocycles. The fourth-order valence-electron chi connectivity index (χ4n) is 1.82. The zero-order valence-electron chi connectivity index (χ0n) is 7.22. The normalized spacial score (nSPS) is 34.2. The molecule has 2 unspecified atom stereocenters. The average Bonchev–Trinajstić information content (AvgIpc) is 2.62. The fourth-order valence-corrected chi connectivity index (χ4v) is 1.82. The second-order valence-electron chi connectivity index (χ2n) is 3.31. The SMILES string of the molecule is O=C1CC2CC2/C1=C(\[O-])C(F)F.[Li+]. The van der Waals surface area contributed by atoms with Crippen molar-refractivity contribution >= 4 is 5.78 Å². The van der Waals surface area contributed by atoms with Crippen molar-refractivity contribution in [3.05, 3.63) is 11.3 Å². The van der Waals surface area contributed by atoms with Gasteiger partial charge in [-0.25, -0.2) is 8.78 Å². The number of rotatable bonds is 1. The van der Waals surface area contributed by atoms with E-state index in [1.165, 1.54) is 0 Å². The molecular weight excluding hydrogens is 173 g/mol. The van der Waals surface area contributed by atoms with E-state index in [1.807, 2.05) is 0 Å². The number of ketones is 1. The van der Waals surface area contributed by atoms with Gasteiger partial charge >= 0.3 is 18.9 Å². The maximum Gasteiger partial charge on any atom is 1.00 e. The summed E-state index contributed by atoms with van der Waals surface area (Å²) < 4.78 is 23.8. The summed E-state index contributed by atoms with van der Waals surface area (Å²) in [5.74, 6) is -1.53. The van der Waals surface area contributed by atoms with Crippen molar-refractivity contribution in [2.45, 2.75) is 19.3 Å². The van der Waals surface area contributed by atoms with Crippen molar-refractivity contribution in [3.8, 4) is 0 Å². The van der Waals surface area contributed by atoms with Gasteiger partial charge in [-0.05, 0) is 23.8 Å². The number of carbonyl (C=O) groups is 1. The van der Waals surface area contributed by atoms with Gasteiger partial charge in [0.05, 0.1) is 0 Å². The number of alkyl halides is 2. The van der Waals surface area contributed by atoms with Gasteiger partial charge in [0.25, 0.3) is 6.43 Å². The number of halogens is 2. The van der Waals surface area contributed by atoms with Crippen LogP contribution in [0.2, 0.25) is 0 Å². The first-order valence-corrected chi connectivity index (χ1v) is 3.83. The molecule has 2 rings (SSSR count). The van der Waals surface area contributed by atoms with Crippen molar-refractivity contribution in [3.63, 3.8) is 0 Å². The average molecular weight is 180 g/mol. The van der Waals surface area contributed by atoms with E-state index in [-0.39, 0.29) is 42.1 Å². The smallest absolute Gasteiger partial charge is 0.871 e. The molecule has 0 heterocycles. The number of hydrogen-bond acceptors (Lipinski definition) is 2. The van der Waals surface area contributed by atoms with E-state index in [0.717, 1.165) is 6.42 Å². The summed E-state index contributed by atoms with van der Waals surface area (Å²) in [6.07, 6.45) is -1.96. The molecule has 2 aliphatic rings. The van der Waals surface area contributed by atoms with Crippen LogP contribution < -0.4 is 24.0 Å². The van der Waals surface area contributed by atoms with Gasteiger partial charge in [0.15, 0.2) is 5.78 Å².